The van der Waals surface area contributed by atoms with Crippen molar-refractivity contribution in [3.05, 3.63) is 23.8 Å². The van der Waals surface area contributed by atoms with Crippen molar-refractivity contribution in [2.75, 3.05) is 13.3 Å². The Hall–Kier alpha value is -1.95. The lowest BCUT2D eigenvalue weighted by Crippen LogP contribution is -2.42. The standard InChI is InChI=1S/C17H26N2O4/c1-5-13(10-19-16(20)23-17(2,3)4)18-9-12-6-7-14-15(8-12)22-11-21-14/h6-8,13,18H,5,9-11H2,1-4H3,(H,19,20). The van der Waals surface area contributed by atoms with E-state index in [1.165, 1.54) is 0 Å². The molecule has 1 unspecified atom stereocenters. The van der Waals surface area contributed by atoms with Gasteiger partial charge in [0.1, 0.15) is 5.60 Å². The Kier molecular flexibility index (Phi) is 5.71. The molecule has 2 N–H and O–H groups in total. The third kappa shape index (κ3) is 5.63. The predicted molar refractivity (Wildman–Crippen MR) is 87.7 cm³/mol. The van der Waals surface area contributed by atoms with Crippen LogP contribution in [0, 0.1) is 0 Å². The third-order valence-electron chi connectivity index (χ3n) is 3.42. The van der Waals surface area contributed by atoms with Crippen molar-refractivity contribution < 1.29 is 19.0 Å². The molecule has 0 fully saturated rings. The minimum absolute atomic E-state index is 0.174. The number of hydrogen-bond acceptors (Lipinski definition) is 5. The second-order valence-corrected chi connectivity index (χ2v) is 6.56. The number of nitrogens with one attached hydrogen (secondary N) is 2. The van der Waals surface area contributed by atoms with Gasteiger partial charge in [-0.3, -0.25) is 0 Å². The molecule has 0 aliphatic carbocycles. The maximum absolute atomic E-state index is 11.7. The Morgan fingerprint density at radius 1 is 1.30 bits per heavy atom. The lowest BCUT2D eigenvalue weighted by molar-refractivity contribution is 0.0522. The number of alkyl carbamates (subject to hydrolysis) is 1. The number of carbonyl (C=O) groups excluding carboxylic acids is 1. The molecule has 128 valence electrons. The van der Waals surface area contributed by atoms with Gasteiger partial charge in [0.15, 0.2) is 11.5 Å². The predicted octanol–water partition coefficient (Wildman–Crippen LogP) is 2.81. The summed E-state index contributed by atoms with van der Waals surface area (Å²) >= 11 is 0. The van der Waals surface area contributed by atoms with E-state index < -0.39 is 5.60 Å². The van der Waals surface area contributed by atoms with Crippen LogP contribution >= 0.6 is 0 Å². The van der Waals surface area contributed by atoms with Gasteiger partial charge in [0.2, 0.25) is 6.79 Å². The lowest BCUT2D eigenvalue weighted by atomic mass is 10.1. The van der Waals surface area contributed by atoms with Gasteiger partial charge in [-0.15, -0.1) is 0 Å². The Morgan fingerprint density at radius 3 is 2.74 bits per heavy atom. The summed E-state index contributed by atoms with van der Waals surface area (Å²) in [6.07, 6.45) is 0.515. The van der Waals surface area contributed by atoms with Crippen LogP contribution < -0.4 is 20.1 Å². The van der Waals surface area contributed by atoms with Crippen LogP contribution in [0.25, 0.3) is 0 Å². The molecule has 1 aromatic carbocycles. The summed E-state index contributed by atoms with van der Waals surface area (Å²) in [5, 5.41) is 6.23. The first-order valence-electron chi connectivity index (χ1n) is 7.96. The van der Waals surface area contributed by atoms with Crippen molar-refractivity contribution in [2.45, 2.75) is 52.3 Å². The summed E-state index contributed by atoms with van der Waals surface area (Å²) in [5.74, 6) is 1.57. The van der Waals surface area contributed by atoms with Gasteiger partial charge in [-0.05, 0) is 44.9 Å². The maximum Gasteiger partial charge on any atom is 0.407 e. The molecule has 1 aromatic rings. The van der Waals surface area contributed by atoms with Crippen LogP contribution in [0.15, 0.2) is 18.2 Å². The van der Waals surface area contributed by atoms with Crippen LogP contribution in [-0.2, 0) is 11.3 Å². The molecule has 6 heteroatoms. The molecule has 0 bridgehead atoms. The van der Waals surface area contributed by atoms with Gasteiger partial charge in [-0.25, -0.2) is 4.79 Å². The smallest absolute Gasteiger partial charge is 0.407 e. The Morgan fingerprint density at radius 2 is 2.04 bits per heavy atom. The number of carbonyl (C=O) groups is 1. The minimum Gasteiger partial charge on any atom is -0.454 e. The summed E-state index contributed by atoms with van der Waals surface area (Å²) in [6, 6.07) is 6.07. The Bertz CT molecular complexity index is 540. The average molecular weight is 322 g/mol. The van der Waals surface area contributed by atoms with Crippen molar-refractivity contribution >= 4 is 6.09 Å². The molecule has 23 heavy (non-hydrogen) atoms. The molecule has 1 aliphatic rings. The topological polar surface area (TPSA) is 68.8 Å². The number of amides is 1. The van der Waals surface area contributed by atoms with Crippen molar-refractivity contribution in [3.63, 3.8) is 0 Å². The SMILES string of the molecule is CCC(CNC(=O)OC(C)(C)C)NCc1ccc2c(c1)OCO2. The van der Waals surface area contributed by atoms with Crippen LogP contribution in [0.4, 0.5) is 4.79 Å². The normalized spacial score (nSPS) is 14.4. The maximum atomic E-state index is 11.7. The van der Waals surface area contributed by atoms with Crippen molar-refractivity contribution in [3.8, 4) is 11.5 Å². The first-order chi connectivity index (χ1) is 10.9. The zero-order chi connectivity index (χ0) is 16.9. The molecular weight excluding hydrogens is 296 g/mol. The largest absolute Gasteiger partial charge is 0.454 e. The monoisotopic (exact) mass is 322 g/mol. The first kappa shape index (κ1) is 17.4. The molecular formula is C17H26N2O4. The van der Waals surface area contributed by atoms with Crippen molar-refractivity contribution in [2.24, 2.45) is 0 Å². The van der Waals surface area contributed by atoms with E-state index in [4.69, 9.17) is 14.2 Å². The molecule has 6 nitrogen and oxygen atoms in total. The molecule has 2 rings (SSSR count). The van der Waals surface area contributed by atoms with E-state index in [9.17, 15) is 4.79 Å². The highest BCUT2D eigenvalue weighted by atomic mass is 16.7. The second-order valence-electron chi connectivity index (χ2n) is 6.56. The molecule has 0 aromatic heterocycles. The zero-order valence-corrected chi connectivity index (χ0v) is 14.3. The van der Waals surface area contributed by atoms with Gasteiger partial charge in [0.05, 0.1) is 0 Å². The zero-order valence-electron chi connectivity index (χ0n) is 14.3. The van der Waals surface area contributed by atoms with Crippen LogP contribution in [0.5, 0.6) is 11.5 Å². The molecule has 1 aliphatic heterocycles. The van der Waals surface area contributed by atoms with Crippen molar-refractivity contribution in [1.82, 2.24) is 10.6 Å². The summed E-state index contributed by atoms with van der Waals surface area (Å²) in [5.41, 5.74) is 0.635. The average Bonchev–Trinajstić information content (AvgIpc) is 2.93. The summed E-state index contributed by atoms with van der Waals surface area (Å²) in [7, 11) is 0. The number of hydrogen-bond donors (Lipinski definition) is 2. The fourth-order valence-corrected chi connectivity index (χ4v) is 2.19. The van der Waals surface area contributed by atoms with Crippen molar-refractivity contribution in [1.29, 1.82) is 0 Å². The van der Waals surface area contributed by atoms with Crippen LogP contribution in [0.1, 0.15) is 39.7 Å². The van der Waals surface area contributed by atoms with E-state index in [0.29, 0.717) is 13.1 Å². The van der Waals surface area contributed by atoms with Crippen LogP contribution in [0.2, 0.25) is 0 Å². The Labute approximate surface area is 137 Å². The molecule has 1 atom stereocenters. The van der Waals surface area contributed by atoms with E-state index in [1.54, 1.807) is 0 Å². The summed E-state index contributed by atoms with van der Waals surface area (Å²) < 4.78 is 15.9. The molecule has 0 radical (unpaired) electrons. The fourth-order valence-electron chi connectivity index (χ4n) is 2.19. The first-order valence-corrected chi connectivity index (χ1v) is 7.96. The number of benzene rings is 1. The molecule has 0 spiro atoms. The fraction of sp³-hybridized carbons (Fsp3) is 0.588. The number of ether oxygens (including phenoxy) is 3. The van der Waals surface area contributed by atoms with E-state index in [2.05, 4.69) is 17.6 Å². The van der Waals surface area contributed by atoms with Crippen LogP contribution in [-0.4, -0.2) is 31.1 Å². The van der Waals surface area contributed by atoms with Gasteiger partial charge in [0.25, 0.3) is 0 Å². The van der Waals surface area contributed by atoms with E-state index in [-0.39, 0.29) is 18.9 Å². The van der Waals surface area contributed by atoms with E-state index >= 15 is 0 Å². The molecule has 1 heterocycles. The van der Waals surface area contributed by atoms with Gasteiger partial charge in [-0.1, -0.05) is 13.0 Å². The highest BCUT2D eigenvalue weighted by Crippen LogP contribution is 2.32. The Balaban J connectivity index is 1.77. The lowest BCUT2D eigenvalue weighted by Gasteiger charge is -2.22. The van der Waals surface area contributed by atoms with Gasteiger partial charge < -0.3 is 24.8 Å². The molecule has 1 amide bonds. The second kappa shape index (κ2) is 7.55. The van der Waals surface area contributed by atoms with Gasteiger partial charge in [-0.2, -0.15) is 0 Å². The number of rotatable bonds is 6. The highest BCUT2D eigenvalue weighted by Gasteiger charge is 2.17. The molecule has 0 saturated carbocycles. The van der Waals surface area contributed by atoms with Crippen LogP contribution in [0.3, 0.4) is 0 Å². The molecule has 0 saturated heterocycles. The van der Waals surface area contributed by atoms with Gasteiger partial charge in [0, 0.05) is 19.1 Å². The summed E-state index contributed by atoms with van der Waals surface area (Å²) in [6.45, 7) is 9.13. The van der Waals surface area contributed by atoms with E-state index in [0.717, 1.165) is 23.5 Å². The highest BCUT2D eigenvalue weighted by molar-refractivity contribution is 5.67. The van der Waals surface area contributed by atoms with Gasteiger partial charge >= 0.3 is 6.09 Å². The quantitative estimate of drug-likeness (QED) is 0.843. The van der Waals surface area contributed by atoms with E-state index in [1.807, 2.05) is 39.0 Å². The summed E-state index contributed by atoms with van der Waals surface area (Å²) in [4.78, 5) is 11.7. The minimum atomic E-state index is -0.480. The third-order valence-corrected chi connectivity index (χ3v) is 3.42. The number of fused-ring (bicyclic) bond motifs is 1.